The summed E-state index contributed by atoms with van der Waals surface area (Å²) >= 11 is 0. The molecule has 0 aromatic rings. The van der Waals surface area contributed by atoms with Crippen molar-refractivity contribution < 1.29 is 14.3 Å². The third-order valence-corrected chi connectivity index (χ3v) is 2.03. The van der Waals surface area contributed by atoms with Gasteiger partial charge in [-0.05, 0) is 27.2 Å². The summed E-state index contributed by atoms with van der Waals surface area (Å²) in [5.41, 5.74) is 0. The zero-order valence-electron chi connectivity index (χ0n) is 9.00. The van der Waals surface area contributed by atoms with Crippen LogP contribution >= 0.6 is 0 Å². The summed E-state index contributed by atoms with van der Waals surface area (Å²) in [6.45, 7) is 8.70. The molecule has 78 valence electrons. The zero-order chi connectivity index (χ0) is 10.3. The van der Waals surface area contributed by atoms with E-state index in [-0.39, 0.29) is 18.0 Å². The third kappa shape index (κ3) is 4.27. The molecule has 0 saturated heterocycles. The van der Waals surface area contributed by atoms with Crippen LogP contribution in [0.3, 0.4) is 0 Å². The Bertz CT molecular complexity index is 145. The monoisotopic (exact) mass is 188 g/mol. The van der Waals surface area contributed by atoms with Gasteiger partial charge in [0.15, 0.2) is 0 Å². The highest BCUT2D eigenvalue weighted by molar-refractivity contribution is 5.72. The minimum absolute atomic E-state index is 0.0472. The van der Waals surface area contributed by atoms with Crippen molar-refractivity contribution in [3.05, 3.63) is 0 Å². The minimum Gasteiger partial charge on any atom is -0.466 e. The molecule has 3 nitrogen and oxygen atoms in total. The summed E-state index contributed by atoms with van der Waals surface area (Å²) in [4.78, 5) is 11.4. The normalized spacial score (nSPS) is 15.1. The van der Waals surface area contributed by atoms with Crippen LogP contribution in [0.25, 0.3) is 0 Å². The van der Waals surface area contributed by atoms with Crippen LogP contribution in [0.1, 0.15) is 34.1 Å². The van der Waals surface area contributed by atoms with Crippen LogP contribution in [0.5, 0.6) is 0 Å². The first kappa shape index (κ1) is 12.4. The van der Waals surface area contributed by atoms with Crippen molar-refractivity contribution in [3.8, 4) is 0 Å². The van der Waals surface area contributed by atoms with E-state index in [1.165, 1.54) is 0 Å². The van der Waals surface area contributed by atoms with E-state index in [0.717, 1.165) is 6.42 Å². The second-order valence-corrected chi connectivity index (χ2v) is 2.93. The molecule has 0 bridgehead atoms. The molecule has 3 heteroatoms. The highest BCUT2D eigenvalue weighted by Gasteiger charge is 2.24. The van der Waals surface area contributed by atoms with Crippen molar-refractivity contribution in [1.82, 2.24) is 0 Å². The number of hydrogen-bond donors (Lipinski definition) is 0. The fourth-order valence-electron chi connectivity index (χ4n) is 1.32. The highest BCUT2D eigenvalue weighted by atomic mass is 16.5. The lowest BCUT2D eigenvalue weighted by atomic mass is 10.0. The molecular formula is C10H20O3. The average molecular weight is 188 g/mol. The molecule has 13 heavy (non-hydrogen) atoms. The van der Waals surface area contributed by atoms with Crippen LogP contribution in [-0.2, 0) is 14.3 Å². The summed E-state index contributed by atoms with van der Waals surface area (Å²) in [6.07, 6.45) is 0.717. The molecule has 2 atom stereocenters. The first-order chi connectivity index (χ1) is 6.17. The Balaban J connectivity index is 4.06. The molecule has 0 aliphatic carbocycles. The van der Waals surface area contributed by atoms with Gasteiger partial charge in [0.25, 0.3) is 0 Å². The third-order valence-electron chi connectivity index (χ3n) is 2.03. The van der Waals surface area contributed by atoms with Crippen molar-refractivity contribution in [2.45, 2.75) is 40.2 Å². The maximum atomic E-state index is 11.4. The van der Waals surface area contributed by atoms with Crippen molar-refractivity contribution in [2.75, 3.05) is 13.2 Å². The minimum atomic E-state index is -0.147. The molecule has 0 radical (unpaired) electrons. The van der Waals surface area contributed by atoms with Crippen molar-refractivity contribution in [1.29, 1.82) is 0 Å². The van der Waals surface area contributed by atoms with E-state index in [1.54, 1.807) is 0 Å². The van der Waals surface area contributed by atoms with Gasteiger partial charge in [0.05, 0.1) is 18.6 Å². The van der Waals surface area contributed by atoms with Gasteiger partial charge < -0.3 is 9.47 Å². The number of carbonyl (C=O) groups excluding carboxylic acids is 1. The molecular weight excluding hydrogens is 168 g/mol. The predicted octanol–water partition coefficient (Wildman–Crippen LogP) is 2.00. The lowest BCUT2D eigenvalue weighted by Gasteiger charge is -2.20. The van der Waals surface area contributed by atoms with E-state index in [0.29, 0.717) is 13.2 Å². The van der Waals surface area contributed by atoms with Crippen molar-refractivity contribution >= 4 is 5.97 Å². The molecule has 0 N–H and O–H groups in total. The fourth-order valence-corrected chi connectivity index (χ4v) is 1.32. The number of rotatable bonds is 6. The van der Waals surface area contributed by atoms with E-state index in [9.17, 15) is 4.79 Å². The van der Waals surface area contributed by atoms with Gasteiger partial charge in [0, 0.05) is 6.61 Å². The average Bonchev–Trinajstić information content (AvgIpc) is 2.06. The Hall–Kier alpha value is -0.570. The Labute approximate surface area is 80.4 Å². The second-order valence-electron chi connectivity index (χ2n) is 2.93. The summed E-state index contributed by atoms with van der Waals surface area (Å²) in [5, 5.41) is 0. The summed E-state index contributed by atoms with van der Waals surface area (Å²) in [6, 6.07) is 0. The zero-order valence-corrected chi connectivity index (χ0v) is 9.00. The summed E-state index contributed by atoms with van der Waals surface area (Å²) < 4.78 is 10.3. The standard InChI is InChI=1S/C10H20O3/c1-5-9(8(4)12-6-2)10(11)13-7-3/h8-9H,5-7H2,1-4H3. The fraction of sp³-hybridized carbons (Fsp3) is 0.900. The molecule has 0 aliphatic heterocycles. The maximum absolute atomic E-state index is 11.4. The Kier molecular flexibility index (Phi) is 6.59. The predicted molar refractivity (Wildman–Crippen MR) is 51.5 cm³/mol. The van der Waals surface area contributed by atoms with E-state index in [4.69, 9.17) is 9.47 Å². The number of esters is 1. The smallest absolute Gasteiger partial charge is 0.311 e. The van der Waals surface area contributed by atoms with Gasteiger partial charge in [-0.25, -0.2) is 0 Å². The Morgan fingerprint density at radius 2 is 1.85 bits per heavy atom. The lowest BCUT2D eigenvalue weighted by molar-refractivity contribution is -0.153. The van der Waals surface area contributed by atoms with Crippen LogP contribution in [0.4, 0.5) is 0 Å². The van der Waals surface area contributed by atoms with Gasteiger partial charge >= 0.3 is 5.97 Å². The van der Waals surface area contributed by atoms with Crippen LogP contribution < -0.4 is 0 Å². The summed E-state index contributed by atoms with van der Waals surface area (Å²) in [7, 11) is 0. The quantitative estimate of drug-likeness (QED) is 0.598. The number of hydrogen-bond acceptors (Lipinski definition) is 3. The maximum Gasteiger partial charge on any atom is 0.311 e. The van der Waals surface area contributed by atoms with Gasteiger partial charge in [-0.15, -0.1) is 0 Å². The van der Waals surface area contributed by atoms with Gasteiger partial charge in [0.1, 0.15) is 0 Å². The molecule has 0 aromatic carbocycles. The van der Waals surface area contributed by atoms with E-state index in [1.807, 2.05) is 27.7 Å². The second kappa shape index (κ2) is 6.89. The molecule has 0 aliphatic rings. The molecule has 2 unspecified atom stereocenters. The Morgan fingerprint density at radius 1 is 1.23 bits per heavy atom. The number of carbonyl (C=O) groups is 1. The van der Waals surface area contributed by atoms with Crippen molar-refractivity contribution in [2.24, 2.45) is 5.92 Å². The Morgan fingerprint density at radius 3 is 2.23 bits per heavy atom. The van der Waals surface area contributed by atoms with Crippen LogP contribution in [0.2, 0.25) is 0 Å². The van der Waals surface area contributed by atoms with Crippen LogP contribution in [0.15, 0.2) is 0 Å². The van der Waals surface area contributed by atoms with Crippen molar-refractivity contribution in [3.63, 3.8) is 0 Å². The first-order valence-electron chi connectivity index (χ1n) is 4.95. The van der Waals surface area contributed by atoms with E-state index in [2.05, 4.69) is 0 Å². The van der Waals surface area contributed by atoms with Gasteiger partial charge in [0.2, 0.25) is 0 Å². The molecule has 0 spiro atoms. The van der Waals surface area contributed by atoms with Gasteiger partial charge in [-0.2, -0.15) is 0 Å². The first-order valence-corrected chi connectivity index (χ1v) is 4.95. The molecule has 0 amide bonds. The molecule has 0 aromatic heterocycles. The molecule has 0 heterocycles. The molecule has 0 saturated carbocycles. The topological polar surface area (TPSA) is 35.5 Å². The van der Waals surface area contributed by atoms with E-state index < -0.39 is 0 Å². The van der Waals surface area contributed by atoms with Gasteiger partial charge in [-0.3, -0.25) is 4.79 Å². The summed E-state index contributed by atoms with van der Waals surface area (Å²) in [5.74, 6) is -0.272. The lowest BCUT2D eigenvalue weighted by Crippen LogP contribution is -2.29. The molecule has 0 rings (SSSR count). The van der Waals surface area contributed by atoms with Crippen LogP contribution in [-0.4, -0.2) is 25.3 Å². The molecule has 0 fully saturated rings. The van der Waals surface area contributed by atoms with Gasteiger partial charge in [-0.1, -0.05) is 6.92 Å². The number of ether oxygens (including phenoxy) is 2. The SMILES string of the molecule is CCOC(=O)C(CC)C(C)OCC. The van der Waals surface area contributed by atoms with Crippen LogP contribution in [0, 0.1) is 5.92 Å². The largest absolute Gasteiger partial charge is 0.466 e. The highest BCUT2D eigenvalue weighted by Crippen LogP contribution is 2.13. The van der Waals surface area contributed by atoms with E-state index >= 15 is 0 Å².